The molecule has 1 heterocycles. The van der Waals surface area contributed by atoms with Crippen LogP contribution in [-0.4, -0.2) is 48.3 Å². The first-order valence-electron chi connectivity index (χ1n) is 7.69. The molecule has 0 bridgehead atoms. The number of hydrogen-bond donors (Lipinski definition) is 2. The van der Waals surface area contributed by atoms with Crippen LogP contribution in [0.5, 0.6) is 0 Å². The SMILES string of the molecule is CCC1CCCCCN1CCCC(C)(CO)NC. The molecule has 108 valence electrons. The number of nitrogens with zero attached hydrogens (tertiary/aromatic N) is 1. The Balaban J connectivity index is 2.35. The lowest BCUT2D eigenvalue weighted by Crippen LogP contribution is -2.44. The van der Waals surface area contributed by atoms with E-state index in [-0.39, 0.29) is 12.1 Å². The van der Waals surface area contributed by atoms with Gasteiger partial charge in [0.25, 0.3) is 0 Å². The second kappa shape index (κ2) is 8.13. The first-order chi connectivity index (χ1) is 8.65. The van der Waals surface area contributed by atoms with Crippen LogP contribution in [0, 0.1) is 0 Å². The van der Waals surface area contributed by atoms with Crippen LogP contribution in [0.15, 0.2) is 0 Å². The van der Waals surface area contributed by atoms with Gasteiger partial charge in [0, 0.05) is 11.6 Å². The maximum Gasteiger partial charge on any atom is 0.0610 e. The zero-order valence-electron chi connectivity index (χ0n) is 12.5. The van der Waals surface area contributed by atoms with Gasteiger partial charge in [-0.1, -0.05) is 19.8 Å². The molecule has 0 amide bonds. The van der Waals surface area contributed by atoms with Crippen LogP contribution in [0.2, 0.25) is 0 Å². The van der Waals surface area contributed by atoms with Crippen molar-refractivity contribution >= 4 is 0 Å². The number of hydrogen-bond acceptors (Lipinski definition) is 3. The van der Waals surface area contributed by atoms with Crippen molar-refractivity contribution in [2.75, 3.05) is 26.7 Å². The van der Waals surface area contributed by atoms with E-state index < -0.39 is 0 Å². The maximum absolute atomic E-state index is 9.39. The summed E-state index contributed by atoms with van der Waals surface area (Å²) >= 11 is 0. The molecular weight excluding hydrogens is 224 g/mol. The van der Waals surface area contributed by atoms with E-state index in [0.717, 1.165) is 12.5 Å². The van der Waals surface area contributed by atoms with E-state index in [9.17, 15) is 5.11 Å². The Morgan fingerprint density at radius 2 is 2.11 bits per heavy atom. The van der Waals surface area contributed by atoms with Crippen molar-refractivity contribution in [1.29, 1.82) is 0 Å². The van der Waals surface area contributed by atoms with E-state index in [0.29, 0.717) is 0 Å². The molecule has 3 heteroatoms. The third-order valence-electron chi connectivity index (χ3n) is 4.60. The zero-order valence-corrected chi connectivity index (χ0v) is 12.5. The average Bonchev–Trinajstić information content (AvgIpc) is 2.63. The summed E-state index contributed by atoms with van der Waals surface area (Å²) in [4.78, 5) is 2.68. The van der Waals surface area contributed by atoms with Crippen LogP contribution in [0.25, 0.3) is 0 Å². The fourth-order valence-electron chi connectivity index (χ4n) is 2.95. The molecule has 0 aromatic carbocycles. The predicted octanol–water partition coefficient (Wildman–Crippen LogP) is 2.39. The third-order valence-corrected chi connectivity index (χ3v) is 4.60. The molecule has 2 N–H and O–H groups in total. The van der Waals surface area contributed by atoms with E-state index in [1.54, 1.807) is 0 Å². The summed E-state index contributed by atoms with van der Waals surface area (Å²) in [5.41, 5.74) is -0.104. The molecule has 0 aromatic rings. The Hall–Kier alpha value is -0.120. The number of aliphatic hydroxyl groups excluding tert-OH is 1. The van der Waals surface area contributed by atoms with E-state index in [2.05, 4.69) is 24.1 Å². The first-order valence-corrected chi connectivity index (χ1v) is 7.69. The molecule has 1 saturated heterocycles. The molecule has 1 aliphatic heterocycles. The molecule has 0 aliphatic carbocycles. The van der Waals surface area contributed by atoms with Crippen molar-refractivity contribution in [3.8, 4) is 0 Å². The molecule has 0 radical (unpaired) electrons. The molecule has 1 aliphatic rings. The fraction of sp³-hybridized carbons (Fsp3) is 1.00. The largest absolute Gasteiger partial charge is 0.394 e. The van der Waals surface area contributed by atoms with Gasteiger partial charge < -0.3 is 15.3 Å². The summed E-state index contributed by atoms with van der Waals surface area (Å²) in [6, 6.07) is 0.794. The van der Waals surface area contributed by atoms with Gasteiger partial charge in [-0.05, 0) is 59.2 Å². The van der Waals surface area contributed by atoms with Crippen LogP contribution in [0.1, 0.15) is 58.8 Å². The number of aliphatic hydroxyl groups is 1. The highest BCUT2D eigenvalue weighted by molar-refractivity contribution is 4.82. The topological polar surface area (TPSA) is 35.5 Å². The zero-order chi connectivity index (χ0) is 13.4. The molecule has 3 nitrogen and oxygen atoms in total. The van der Waals surface area contributed by atoms with Gasteiger partial charge in [0.15, 0.2) is 0 Å². The molecule has 1 rings (SSSR count). The third kappa shape index (κ3) is 4.87. The summed E-state index contributed by atoms with van der Waals surface area (Å²) in [5, 5.41) is 12.6. The Morgan fingerprint density at radius 3 is 2.72 bits per heavy atom. The Labute approximate surface area is 113 Å². The van der Waals surface area contributed by atoms with Crippen LogP contribution >= 0.6 is 0 Å². The smallest absolute Gasteiger partial charge is 0.0610 e. The van der Waals surface area contributed by atoms with Gasteiger partial charge in [0.05, 0.1) is 6.61 Å². The van der Waals surface area contributed by atoms with Crippen molar-refractivity contribution in [3.63, 3.8) is 0 Å². The second-order valence-corrected chi connectivity index (χ2v) is 6.02. The number of nitrogens with one attached hydrogen (secondary N) is 1. The minimum Gasteiger partial charge on any atom is -0.394 e. The van der Waals surface area contributed by atoms with E-state index in [4.69, 9.17) is 0 Å². The summed E-state index contributed by atoms with van der Waals surface area (Å²) in [7, 11) is 1.94. The predicted molar refractivity (Wildman–Crippen MR) is 77.9 cm³/mol. The van der Waals surface area contributed by atoms with Crippen molar-refractivity contribution in [2.45, 2.75) is 70.4 Å². The van der Waals surface area contributed by atoms with Crippen LogP contribution in [-0.2, 0) is 0 Å². The average molecular weight is 256 g/mol. The summed E-state index contributed by atoms with van der Waals surface area (Å²) in [6.07, 6.45) is 9.04. The summed E-state index contributed by atoms with van der Waals surface area (Å²) in [5.74, 6) is 0. The van der Waals surface area contributed by atoms with Gasteiger partial charge in [-0.2, -0.15) is 0 Å². The summed E-state index contributed by atoms with van der Waals surface area (Å²) in [6.45, 7) is 7.10. The first kappa shape index (κ1) is 15.9. The van der Waals surface area contributed by atoms with Crippen LogP contribution < -0.4 is 5.32 Å². The molecule has 18 heavy (non-hydrogen) atoms. The lowest BCUT2D eigenvalue weighted by molar-refractivity contribution is 0.151. The van der Waals surface area contributed by atoms with Gasteiger partial charge in [0.1, 0.15) is 0 Å². The van der Waals surface area contributed by atoms with Crippen molar-refractivity contribution < 1.29 is 5.11 Å². The lowest BCUT2D eigenvalue weighted by atomic mass is 9.96. The van der Waals surface area contributed by atoms with Gasteiger partial charge in [-0.3, -0.25) is 0 Å². The molecule has 2 unspecified atom stereocenters. The molecule has 1 fully saturated rings. The normalized spacial score (nSPS) is 25.7. The van der Waals surface area contributed by atoms with Crippen molar-refractivity contribution in [1.82, 2.24) is 10.2 Å². The minimum atomic E-state index is -0.104. The molecule has 0 saturated carbocycles. The monoisotopic (exact) mass is 256 g/mol. The standard InChI is InChI=1S/C15H32N2O/c1-4-14-9-6-5-7-11-17(14)12-8-10-15(2,13-18)16-3/h14,16,18H,4-13H2,1-3H3. The Kier molecular flexibility index (Phi) is 7.20. The Morgan fingerprint density at radius 1 is 1.33 bits per heavy atom. The quantitative estimate of drug-likeness (QED) is 0.734. The fourth-order valence-corrected chi connectivity index (χ4v) is 2.95. The second-order valence-electron chi connectivity index (χ2n) is 6.02. The van der Waals surface area contributed by atoms with Crippen LogP contribution in [0.3, 0.4) is 0 Å². The molecule has 0 spiro atoms. The Bertz CT molecular complexity index is 217. The van der Waals surface area contributed by atoms with Gasteiger partial charge in [-0.15, -0.1) is 0 Å². The van der Waals surface area contributed by atoms with Crippen molar-refractivity contribution in [3.05, 3.63) is 0 Å². The number of likely N-dealkylation sites (N-methyl/N-ethyl adjacent to an activating group) is 1. The van der Waals surface area contributed by atoms with E-state index in [1.807, 2.05) is 7.05 Å². The van der Waals surface area contributed by atoms with Crippen molar-refractivity contribution in [2.24, 2.45) is 0 Å². The lowest BCUT2D eigenvalue weighted by Gasteiger charge is -2.32. The molecule has 2 atom stereocenters. The maximum atomic E-state index is 9.39. The highest BCUT2D eigenvalue weighted by Gasteiger charge is 2.23. The van der Waals surface area contributed by atoms with Gasteiger partial charge >= 0.3 is 0 Å². The summed E-state index contributed by atoms with van der Waals surface area (Å²) < 4.78 is 0. The highest BCUT2D eigenvalue weighted by Crippen LogP contribution is 2.20. The van der Waals surface area contributed by atoms with Gasteiger partial charge in [-0.25, -0.2) is 0 Å². The van der Waals surface area contributed by atoms with E-state index in [1.165, 1.54) is 51.6 Å². The van der Waals surface area contributed by atoms with Crippen LogP contribution in [0.4, 0.5) is 0 Å². The molecular formula is C15H32N2O. The minimum absolute atomic E-state index is 0.104. The molecule has 0 aromatic heterocycles. The number of rotatable bonds is 7. The van der Waals surface area contributed by atoms with E-state index >= 15 is 0 Å². The number of likely N-dealkylation sites (tertiary alicyclic amines) is 1. The van der Waals surface area contributed by atoms with Gasteiger partial charge in [0.2, 0.25) is 0 Å². The highest BCUT2D eigenvalue weighted by atomic mass is 16.3.